The van der Waals surface area contributed by atoms with Crippen LogP contribution in [0.3, 0.4) is 0 Å². The molecule has 2 rings (SSSR count). The molecule has 0 amide bonds. The van der Waals surface area contributed by atoms with Crippen molar-refractivity contribution in [2.24, 2.45) is 0 Å². The average Bonchev–Trinajstić information content (AvgIpc) is 2.33. The number of nitrogens with zero attached hydrogens (tertiary/aromatic N) is 2. The number of hydrogen-bond donors (Lipinski definition) is 2. The molecule has 1 aromatic heterocycles. The van der Waals surface area contributed by atoms with Crippen LogP contribution in [-0.2, 0) is 0 Å². The quantitative estimate of drug-likeness (QED) is 0.834. The molecule has 0 saturated carbocycles. The van der Waals surface area contributed by atoms with E-state index in [0.29, 0.717) is 17.0 Å². The molecule has 1 saturated heterocycles. The van der Waals surface area contributed by atoms with Gasteiger partial charge in [0, 0.05) is 18.6 Å². The van der Waals surface area contributed by atoms with Crippen molar-refractivity contribution < 1.29 is 9.90 Å². The van der Waals surface area contributed by atoms with E-state index in [1.54, 1.807) is 0 Å². The molecule has 5 nitrogen and oxygen atoms in total. The van der Waals surface area contributed by atoms with Crippen molar-refractivity contribution in [2.75, 3.05) is 18.9 Å². The number of aromatic carboxylic acids is 1. The first-order chi connectivity index (χ1) is 8.97. The van der Waals surface area contributed by atoms with Crippen LogP contribution < -0.4 is 5.32 Å². The van der Waals surface area contributed by atoms with Crippen LogP contribution in [-0.4, -0.2) is 46.6 Å². The van der Waals surface area contributed by atoms with E-state index >= 15 is 0 Å². The highest BCUT2D eigenvalue weighted by atomic mass is 35.5. The minimum absolute atomic E-state index is 0.163. The summed E-state index contributed by atoms with van der Waals surface area (Å²) in [6, 6.07) is 3.68. The molecule has 6 heteroatoms. The summed E-state index contributed by atoms with van der Waals surface area (Å²) >= 11 is 5.84. The van der Waals surface area contributed by atoms with E-state index in [9.17, 15) is 4.79 Å². The molecule has 0 radical (unpaired) electrons. The predicted molar refractivity (Wildman–Crippen MR) is 74.9 cm³/mol. The maximum atomic E-state index is 11.2. The van der Waals surface area contributed by atoms with Crippen LogP contribution in [0.15, 0.2) is 12.1 Å². The maximum Gasteiger partial charge on any atom is 0.339 e. The lowest BCUT2D eigenvalue weighted by Gasteiger charge is -2.35. The fourth-order valence-electron chi connectivity index (χ4n) is 2.33. The van der Waals surface area contributed by atoms with Gasteiger partial charge in [-0.3, -0.25) is 0 Å². The number of carbonyl (C=O) groups is 1. The number of aromatic nitrogens is 1. The van der Waals surface area contributed by atoms with E-state index < -0.39 is 5.97 Å². The number of piperidine rings is 1. The second-order valence-electron chi connectivity index (χ2n) is 5.03. The highest BCUT2D eigenvalue weighted by molar-refractivity contribution is 6.29. The van der Waals surface area contributed by atoms with Crippen molar-refractivity contribution >= 4 is 23.4 Å². The van der Waals surface area contributed by atoms with E-state index in [1.165, 1.54) is 12.1 Å². The molecular formula is C13H18ClN3O2. The second kappa shape index (κ2) is 5.75. The summed E-state index contributed by atoms with van der Waals surface area (Å²) < 4.78 is 0. The monoisotopic (exact) mass is 283 g/mol. The van der Waals surface area contributed by atoms with Crippen molar-refractivity contribution in [1.29, 1.82) is 0 Å². The number of rotatable bonds is 3. The van der Waals surface area contributed by atoms with Gasteiger partial charge >= 0.3 is 5.97 Å². The first-order valence-corrected chi connectivity index (χ1v) is 6.71. The fourth-order valence-corrected chi connectivity index (χ4v) is 2.48. The number of halogens is 1. The Balaban J connectivity index is 2.14. The molecule has 0 spiro atoms. The molecule has 2 N–H and O–H groups in total. The lowest BCUT2D eigenvalue weighted by Crippen LogP contribution is -2.42. The third-order valence-corrected chi connectivity index (χ3v) is 3.85. The van der Waals surface area contributed by atoms with Crippen molar-refractivity contribution in [3.05, 3.63) is 22.8 Å². The Labute approximate surface area is 117 Å². The largest absolute Gasteiger partial charge is 0.478 e. The molecule has 0 bridgehead atoms. The first-order valence-electron chi connectivity index (χ1n) is 6.34. The van der Waals surface area contributed by atoms with Crippen LogP contribution in [0.25, 0.3) is 0 Å². The van der Waals surface area contributed by atoms with Gasteiger partial charge in [-0.2, -0.15) is 0 Å². The molecule has 1 aliphatic heterocycles. The Bertz CT molecular complexity index is 481. The highest BCUT2D eigenvalue weighted by Crippen LogP contribution is 2.22. The van der Waals surface area contributed by atoms with Gasteiger partial charge in [-0.1, -0.05) is 11.6 Å². The molecule has 1 aliphatic rings. The summed E-state index contributed by atoms with van der Waals surface area (Å²) in [7, 11) is 2.10. The average molecular weight is 284 g/mol. The maximum absolute atomic E-state index is 11.2. The molecule has 1 aromatic rings. The molecule has 2 atom stereocenters. The van der Waals surface area contributed by atoms with Crippen LogP contribution in [0.1, 0.15) is 30.1 Å². The van der Waals surface area contributed by atoms with Crippen LogP contribution in [0, 0.1) is 0 Å². The van der Waals surface area contributed by atoms with Gasteiger partial charge in [0.2, 0.25) is 0 Å². The summed E-state index contributed by atoms with van der Waals surface area (Å²) in [6.45, 7) is 3.15. The summed E-state index contributed by atoms with van der Waals surface area (Å²) in [5.41, 5.74) is 0.163. The Kier molecular flexibility index (Phi) is 4.27. The molecule has 2 unspecified atom stereocenters. The number of likely N-dealkylation sites (tertiary alicyclic amines) is 1. The van der Waals surface area contributed by atoms with Gasteiger partial charge in [-0.25, -0.2) is 9.78 Å². The lowest BCUT2D eigenvalue weighted by molar-refractivity contribution is 0.0697. The molecule has 19 heavy (non-hydrogen) atoms. The van der Waals surface area contributed by atoms with E-state index in [0.717, 1.165) is 19.4 Å². The van der Waals surface area contributed by atoms with Crippen molar-refractivity contribution in [3.63, 3.8) is 0 Å². The second-order valence-corrected chi connectivity index (χ2v) is 5.42. The van der Waals surface area contributed by atoms with Crippen molar-refractivity contribution in [3.8, 4) is 0 Å². The van der Waals surface area contributed by atoms with Crippen molar-refractivity contribution in [1.82, 2.24) is 9.88 Å². The van der Waals surface area contributed by atoms with Gasteiger partial charge in [0.1, 0.15) is 16.5 Å². The lowest BCUT2D eigenvalue weighted by atomic mass is 9.99. The summed E-state index contributed by atoms with van der Waals surface area (Å²) in [5.74, 6) is -0.630. The number of anilines is 1. The number of carboxylic acid groups (broad SMARTS) is 1. The van der Waals surface area contributed by atoms with Crippen LogP contribution in [0.5, 0.6) is 0 Å². The predicted octanol–water partition coefficient (Wildman–Crippen LogP) is 2.33. The first kappa shape index (κ1) is 14.1. The number of carboxylic acids is 1. The summed E-state index contributed by atoms with van der Waals surface area (Å²) in [5, 5.41) is 12.7. The molecule has 1 fully saturated rings. The third kappa shape index (κ3) is 3.36. The van der Waals surface area contributed by atoms with Crippen molar-refractivity contribution in [2.45, 2.75) is 31.8 Å². The van der Waals surface area contributed by atoms with E-state index in [4.69, 9.17) is 16.7 Å². The zero-order valence-corrected chi connectivity index (χ0v) is 11.8. The Hall–Kier alpha value is -1.33. The number of nitrogens with one attached hydrogen (secondary N) is 1. The zero-order chi connectivity index (χ0) is 14.0. The minimum Gasteiger partial charge on any atom is -0.478 e. The van der Waals surface area contributed by atoms with Gasteiger partial charge in [-0.05, 0) is 38.9 Å². The highest BCUT2D eigenvalue weighted by Gasteiger charge is 2.24. The van der Waals surface area contributed by atoms with Gasteiger partial charge in [0.25, 0.3) is 0 Å². The standard InChI is InChI=1S/C13H18ClN3O2/c1-8-7-9(5-6-17(8)2)15-12-10(13(18)19)3-4-11(14)16-12/h3-4,8-9H,5-7H2,1-2H3,(H,15,16)(H,18,19). The topological polar surface area (TPSA) is 65.5 Å². The zero-order valence-electron chi connectivity index (χ0n) is 11.1. The van der Waals surface area contributed by atoms with Gasteiger partial charge in [0.15, 0.2) is 0 Å². The molecule has 2 heterocycles. The van der Waals surface area contributed by atoms with E-state index in [2.05, 4.69) is 29.2 Å². The molecule has 104 valence electrons. The molecule has 0 aliphatic carbocycles. The molecule has 0 aromatic carbocycles. The SMILES string of the molecule is CC1CC(Nc2nc(Cl)ccc2C(=O)O)CCN1C. The summed E-state index contributed by atoms with van der Waals surface area (Å²) in [6.07, 6.45) is 1.93. The normalized spacial score (nSPS) is 24.2. The van der Waals surface area contributed by atoms with Crippen LogP contribution >= 0.6 is 11.6 Å². The number of hydrogen-bond acceptors (Lipinski definition) is 4. The smallest absolute Gasteiger partial charge is 0.339 e. The van der Waals surface area contributed by atoms with E-state index in [-0.39, 0.29) is 11.6 Å². The van der Waals surface area contributed by atoms with Crippen LogP contribution in [0.2, 0.25) is 5.15 Å². The Morgan fingerprint density at radius 2 is 2.32 bits per heavy atom. The van der Waals surface area contributed by atoms with Gasteiger partial charge in [0.05, 0.1) is 0 Å². The Morgan fingerprint density at radius 1 is 1.58 bits per heavy atom. The van der Waals surface area contributed by atoms with E-state index in [1.807, 2.05) is 0 Å². The van der Waals surface area contributed by atoms with Gasteiger partial charge < -0.3 is 15.3 Å². The van der Waals surface area contributed by atoms with Gasteiger partial charge in [-0.15, -0.1) is 0 Å². The molecular weight excluding hydrogens is 266 g/mol. The third-order valence-electron chi connectivity index (χ3n) is 3.64. The summed E-state index contributed by atoms with van der Waals surface area (Å²) in [4.78, 5) is 17.5. The Morgan fingerprint density at radius 3 is 2.95 bits per heavy atom. The van der Waals surface area contributed by atoms with Crippen LogP contribution in [0.4, 0.5) is 5.82 Å². The fraction of sp³-hybridized carbons (Fsp3) is 0.538. The minimum atomic E-state index is -0.993. The number of pyridine rings is 1.